The van der Waals surface area contributed by atoms with E-state index in [1.807, 2.05) is 6.07 Å². The Bertz CT molecular complexity index is 1440. The fourth-order valence-electron chi connectivity index (χ4n) is 4.54. The summed E-state index contributed by atoms with van der Waals surface area (Å²) >= 11 is 0. The number of fused-ring (bicyclic) bond motifs is 1. The molecule has 2 aromatic heterocycles. The number of aliphatic hydroxyl groups excluding tert-OH is 1. The Labute approximate surface area is 225 Å². The molecule has 6 atom stereocenters. The van der Waals surface area contributed by atoms with Crippen LogP contribution in [0.3, 0.4) is 0 Å². The number of hydrogen-bond acceptors (Lipinski definition) is 11. The Kier molecular flexibility index (Phi) is 7.71. The predicted octanol–water partition coefficient (Wildman–Crippen LogP) is 1.74. The molecule has 0 amide bonds. The van der Waals surface area contributed by atoms with Gasteiger partial charge < -0.3 is 29.9 Å². The topological polar surface area (TPSA) is 194 Å². The molecule has 1 aliphatic heterocycles. The van der Waals surface area contributed by atoms with E-state index < -0.39 is 55.2 Å². The highest BCUT2D eigenvalue weighted by atomic mass is 31.2. The number of carbonyl (C=O) groups is 1. The van der Waals surface area contributed by atoms with Crippen LogP contribution >= 0.6 is 7.52 Å². The van der Waals surface area contributed by atoms with Crippen LogP contribution in [0.15, 0.2) is 48.8 Å². The summed E-state index contributed by atoms with van der Waals surface area (Å²) in [6.07, 6.45) is -2.81. The van der Waals surface area contributed by atoms with Gasteiger partial charge in [-0.05, 0) is 52.0 Å². The van der Waals surface area contributed by atoms with Gasteiger partial charge in [0.05, 0.1) is 18.0 Å². The van der Waals surface area contributed by atoms with Crippen LogP contribution in [0.1, 0.15) is 33.4 Å². The number of nitriles is 1. The molecule has 1 aromatic carbocycles. The van der Waals surface area contributed by atoms with Crippen LogP contribution in [0.2, 0.25) is 0 Å². The van der Waals surface area contributed by atoms with Crippen LogP contribution in [0.4, 0.5) is 5.82 Å². The maximum atomic E-state index is 14.2. The molecule has 0 bridgehead atoms. The minimum Gasteiger partial charge on any atom is -0.462 e. The summed E-state index contributed by atoms with van der Waals surface area (Å²) in [5, 5.41) is 39.8. The quantitative estimate of drug-likeness (QED) is 0.220. The summed E-state index contributed by atoms with van der Waals surface area (Å²) in [7, 11) is -4.05. The third kappa shape index (κ3) is 5.22. The molecule has 4 rings (SSSR count). The lowest BCUT2D eigenvalue weighted by Gasteiger charge is -2.33. The number of nitrogens with one attached hydrogen (secondary N) is 1. The number of nitrogens with two attached hydrogens (primary N) is 1. The second kappa shape index (κ2) is 10.6. The predicted molar refractivity (Wildman–Crippen MR) is 140 cm³/mol. The second-order valence-electron chi connectivity index (χ2n) is 9.80. The Morgan fingerprint density at radius 2 is 2.00 bits per heavy atom. The molecule has 3 aromatic rings. The van der Waals surface area contributed by atoms with E-state index in [0.717, 1.165) is 0 Å². The van der Waals surface area contributed by atoms with Crippen LogP contribution in [0.25, 0.3) is 5.52 Å². The molecular weight excluding hydrogens is 527 g/mol. The Morgan fingerprint density at radius 3 is 2.64 bits per heavy atom. The smallest absolute Gasteiger partial charge is 0.323 e. The van der Waals surface area contributed by atoms with Gasteiger partial charge in [-0.2, -0.15) is 10.4 Å². The van der Waals surface area contributed by atoms with Gasteiger partial charge in [-0.1, -0.05) is 18.2 Å². The van der Waals surface area contributed by atoms with E-state index in [9.17, 15) is 24.8 Å². The van der Waals surface area contributed by atoms with Gasteiger partial charge in [0, 0.05) is 0 Å². The minimum absolute atomic E-state index is 0.0845. The molecule has 5 N–H and O–H groups in total. The monoisotopic (exact) mass is 558 g/mol. The van der Waals surface area contributed by atoms with Crippen molar-refractivity contribution in [2.75, 3.05) is 11.9 Å². The molecular formula is C25H31N6O7P. The molecule has 3 heterocycles. The fraction of sp³-hybridized carbons (Fsp3) is 0.440. The summed E-state index contributed by atoms with van der Waals surface area (Å²) < 4.78 is 32.6. The Hall–Kier alpha value is -3.53. The number of aliphatic hydroxyl groups is 2. The standard InChI is InChI=1S/C25H31N6O7P/c1-15(2)36-23(33)16(3)30-39(35,38-17-8-6-5-7-9-17)12-19-21(32)24(4,34)25(13-26,37-19)20-11-10-18-22(27)28-14-29-31(18)20/h5-11,14-16,19,21,32,34H,12H2,1-4H3,(H,30,35)(H2,27,28,29)/t16-,19+,21+,24+,25-,39-/m0/s1. The molecule has 1 fully saturated rings. The van der Waals surface area contributed by atoms with E-state index in [1.165, 1.54) is 30.8 Å². The molecule has 0 spiro atoms. The lowest BCUT2D eigenvalue weighted by molar-refractivity contribution is -0.149. The Balaban J connectivity index is 1.71. The fourth-order valence-corrected chi connectivity index (χ4v) is 6.68. The lowest BCUT2D eigenvalue weighted by Crippen LogP contribution is -2.52. The van der Waals surface area contributed by atoms with Gasteiger partial charge in [-0.3, -0.25) is 9.36 Å². The van der Waals surface area contributed by atoms with Gasteiger partial charge in [0.1, 0.15) is 47.5 Å². The van der Waals surface area contributed by atoms with Crippen LogP contribution in [0.5, 0.6) is 5.75 Å². The SMILES string of the molecule is CC(C)OC(=O)[C@H](C)N[P@](=O)(C[C@H]1O[C@@](C#N)(c2ccc3c(N)ncnn23)[C@](C)(O)[C@@H]1O)Oc1ccccc1. The maximum Gasteiger partial charge on any atom is 0.323 e. The van der Waals surface area contributed by atoms with Crippen molar-refractivity contribution in [2.24, 2.45) is 0 Å². The first-order valence-electron chi connectivity index (χ1n) is 12.2. The van der Waals surface area contributed by atoms with Crippen LogP contribution in [-0.4, -0.2) is 66.9 Å². The van der Waals surface area contributed by atoms with Gasteiger partial charge in [0.15, 0.2) is 5.82 Å². The molecule has 0 saturated carbocycles. The molecule has 13 nitrogen and oxygen atoms in total. The summed E-state index contributed by atoms with van der Waals surface area (Å²) in [5.41, 5.74) is 2.02. The number of rotatable bonds is 9. The first-order chi connectivity index (χ1) is 18.3. The highest BCUT2D eigenvalue weighted by Gasteiger charge is 2.66. The van der Waals surface area contributed by atoms with Gasteiger partial charge in [0.25, 0.3) is 0 Å². The first-order valence-corrected chi connectivity index (χ1v) is 14.0. The number of para-hydroxylation sites is 1. The zero-order chi connectivity index (χ0) is 28.6. The van der Waals surface area contributed by atoms with E-state index in [0.29, 0.717) is 5.52 Å². The van der Waals surface area contributed by atoms with Crippen molar-refractivity contribution < 1.29 is 33.6 Å². The normalized spacial score (nSPS) is 27.1. The number of anilines is 1. The van der Waals surface area contributed by atoms with E-state index in [1.54, 1.807) is 50.2 Å². The number of ether oxygens (including phenoxy) is 2. The van der Waals surface area contributed by atoms with Crippen molar-refractivity contribution in [2.45, 2.75) is 63.3 Å². The maximum absolute atomic E-state index is 14.2. The molecule has 0 unspecified atom stereocenters. The molecule has 14 heteroatoms. The Morgan fingerprint density at radius 1 is 1.31 bits per heavy atom. The van der Waals surface area contributed by atoms with Gasteiger partial charge in [0.2, 0.25) is 5.60 Å². The third-order valence-corrected chi connectivity index (χ3v) is 8.61. The first kappa shape index (κ1) is 28.5. The molecule has 208 valence electrons. The van der Waals surface area contributed by atoms with E-state index in [-0.39, 0.29) is 17.3 Å². The minimum atomic E-state index is -4.05. The number of nitrogens with zero attached hydrogens (tertiary/aromatic N) is 4. The second-order valence-corrected chi connectivity index (χ2v) is 12.0. The number of hydrogen-bond donors (Lipinski definition) is 4. The van der Waals surface area contributed by atoms with Crippen molar-refractivity contribution in [3.8, 4) is 11.8 Å². The van der Waals surface area contributed by atoms with Crippen molar-refractivity contribution in [1.82, 2.24) is 19.7 Å². The number of benzene rings is 1. The van der Waals surface area contributed by atoms with E-state index in [2.05, 4.69) is 15.2 Å². The van der Waals surface area contributed by atoms with Crippen LogP contribution in [0, 0.1) is 11.3 Å². The number of carbonyl (C=O) groups excluding carboxylic acids is 1. The lowest BCUT2D eigenvalue weighted by atomic mass is 9.80. The molecule has 0 radical (unpaired) electrons. The van der Waals surface area contributed by atoms with Crippen LogP contribution in [-0.2, 0) is 24.4 Å². The summed E-state index contributed by atoms with van der Waals surface area (Å²) in [4.78, 5) is 16.4. The number of esters is 1. The molecule has 39 heavy (non-hydrogen) atoms. The highest BCUT2D eigenvalue weighted by Crippen LogP contribution is 2.52. The molecule has 1 saturated heterocycles. The third-order valence-electron chi connectivity index (χ3n) is 6.48. The number of aromatic nitrogens is 3. The summed E-state index contributed by atoms with van der Waals surface area (Å²) in [6, 6.07) is 12.2. The van der Waals surface area contributed by atoms with E-state index >= 15 is 0 Å². The largest absolute Gasteiger partial charge is 0.462 e. The number of nitrogen functional groups attached to an aromatic ring is 1. The average Bonchev–Trinajstić information content (AvgIpc) is 3.38. The van der Waals surface area contributed by atoms with E-state index in [4.69, 9.17) is 19.7 Å². The van der Waals surface area contributed by atoms with Gasteiger partial charge in [-0.25, -0.2) is 14.6 Å². The van der Waals surface area contributed by atoms with Crippen molar-refractivity contribution in [3.63, 3.8) is 0 Å². The zero-order valence-electron chi connectivity index (χ0n) is 21.9. The molecule has 0 aliphatic carbocycles. The average molecular weight is 559 g/mol. The van der Waals surface area contributed by atoms with Crippen molar-refractivity contribution >= 4 is 24.8 Å². The van der Waals surface area contributed by atoms with Crippen molar-refractivity contribution in [3.05, 3.63) is 54.5 Å². The van der Waals surface area contributed by atoms with Crippen LogP contribution < -0.4 is 15.3 Å². The highest BCUT2D eigenvalue weighted by molar-refractivity contribution is 7.57. The summed E-state index contributed by atoms with van der Waals surface area (Å²) in [5.74, 6) is -0.301. The van der Waals surface area contributed by atoms with Crippen molar-refractivity contribution in [1.29, 1.82) is 5.26 Å². The molecule has 1 aliphatic rings. The summed E-state index contributed by atoms with van der Waals surface area (Å²) in [6.45, 7) is 6.07. The zero-order valence-corrected chi connectivity index (χ0v) is 22.8. The van der Waals surface area contributed by atoms with Gasteiger partial charge in [-0.15, -0.1) is 0 Å². The van der Waals surface area contributed by atoms with Gasteiger partial charge >= 0.3 is 13.5 Å².